The summed E-state index contributed by atoms with van der Waals surface area (Å²) in [6.07, 6.45) is -2.27. The quantitative estimate of drug-likeness (QED) is 0.902. The summed E-state index contributed by atoms with van der Waals surface area (Å²) in [7, 11) is 2.72. The van der Waals surface area contributed by atoms with Gasteiger partial charge in [-0.1, -0.05) is 30.3 Å². The second kappa shape index (κ2) is 5.81. The Bertz CT molecular complexity index is 740. The van der Waals surface area contributed by atoms with Crippen molar-refractivity contribution in [3.8, 4) is 23.0 Å². The SMILES string of the molecule is COc1cc(O)c(OC)c2c1C(=O)[C@@H](O)[C@H](c1ccccc1)O2. The molecular formula is C17H16O6. The number of hydrogen-bond acceptors (Lipinski definition) is 6. The molecule has 0 radical (unpaired) electrons. The van der Waals surface area contributed by atoms with Crippen LogP contribution in [0, 0.1) is 0 Å². The molecule has 23 heavy (non-hydrogen) atoms. The fourth-order valence-electron chi connectivity index (χ4n) is 2.68. The lowest BCUT2D eigenvalue weighted by atomic mass is 9.92. The normalized spacial score (nSPS) is 19.7. The van der Waals surface area contributed by atoms with Gasteiger partial charge in [-0.25, -0.2) is 0 Å². The summed E-state index contributed by atoms with van der Waals surface area (Å²) >= 11 is 0. The Labute approximate surface area is 132 Å². The highest BCUT2D eigenvalue weighted by Gasteiger charge is 2.41. The minimum Gasteiger partial charge on any atom is -0.504 e. The van der Waals surface area contributed by atoms with E-state index >= 15 is 0 Å². The van der Waals surface area contributed by atoms with E-state index in [9.17, 15) is 15.0 Å². The van der Waals surface area contributed by atoms with E-state index in [1.807, 2.05) is 6.07 Å². The maximum atomic E-state index is 12.6. The Morgan fingerprint density at radius 2 is 1.83 bits per heavy atom. The molecule has 0 saturated carbocycles. The molecule has 0 saturated heterocycles. The second-order valence-corrected chi connectivity index (χ2v) is 5.09. The zero-order chi connectivity index (χ0) is 16.6. The zero-order valence-corrected chi connectivity index (χ0v) is 12.6. The summed E-state index contributed by atoms with van der Waals surface area (Å²) in [5, 5.41) is 20.4. The Balaban J connectivity index is 2.18. The summed E-state index contributed by atoms with van der Waals surface area (Å²) < 4.78 is 16.1. The van der Waals surface area contributed by atoms with Crippen LogP contribution in [-0.2, 0) is 0 Å². The van der Waals surface area contributed by atoms with Crippen molar-refractivity contribution in [2.45, 2.75) is 12.2 Å². The van der Waals surface area contributed by atoms with Crippen molar-refractivity contribution in [2.24, 2.45) is 0 Å². The van der Waals surface area contributed by atoms with Crippen LogP contribution in [0.5, 0.6) is 23.0 Å². The fraction of sp³-hybridized carbons (Fsp3) is 0.235. The molecule has 0 bridgehead atoms. The van der Waals surface area contributed by atoms with Crippen molar-refractivity contribution < 1.29 is 29.2 Å². The van der Waals surface area contributed by atoms with Crippen LogP contribution in [-0.4, -0.2) is 36.3 Å². The largest absolute Gasteiger partial charge is 0.504 e. The van der Waals surface area contributed by atoms with Crippen molar-refractivity contribution in [3.63, 3.8) is 0 Å². The molecule has 2 N–H and O–H groups in total. The number of benzene rings is 2. The van der Waals surface area contributed by atoms with E-state index in [0.29, 0.717) is 5.56 Å². The number of Topliss-reactive ketones (excluding diaryl/α,β-unsaturated/α-hetero) is 1. The van der Waals surface area contributed by atoms with Gasteiger partial charge in [-0.3, -0.25) is 4.79 Å². The summed E-state index contributed by atoms with van der Waals surface area (Å²) in [6.45, 7) is 0. The van der Waals surface area contributed by atoms with Gasteiger partial charge in [0.2, 0.25) is 11.5 Å². The highest BCUT2D eigenvalue weighted by atomic mass is 16.5. The highest BCUT2D eigenvalue weighted by molar-refractivity contribution is 6.06. The fourth-order valence-corrected chi connectivity index (χ4v) is 2.68. The van der Waals surface area contributed by atoms with Crippen molar-refractivity contribution in [1.29, 1.82) is 0 Å². The van der Waals surface area contributed by atoms with E-state index in [2.05, 4.69) is 0 Å². The number of phenols is 1. The van der Waals surface area contributed by atoms with Crippen LogP contribution in [0.1, 0.15) is 22.0 Å². The summed E-state index contributed by atoms with van der Waals surface area (Å²) in [6, 6.07) is 10.1. The van der Waals surface area contributed by atoms with E-state index in [1.165, 1.54) is 20.3 Å². The number of hydrogen-bond donors (Lipinski definition) is 2. The average molecular weight is 316 g/mol. The van der Waals surface area contributed by atoms with Crippen LogP contribution in [0.3, 0.4) is 0 Å². The first-order valence-electron chi connectivity index (χ1n) is 7.00. The number of fused-ring (bicyclic) bond motifs is 1. The van der Waals surface area contributed by atoms with Crippen molar-refractivity contribution >= 4 is 5.78 Å². The van der Waals surface area contributed by atoms with Crippen molar-refractivity contribution in [2.75, 3.05) is 14.2 Å². The van der Waals surface area contributed by atoms with Crippen molar-refractivity contribution in [3.05, 3.63) is 47.5 Å². The number of rotatable bonds is 3. The molecule has 2 aromatic carbocycles. The maximum absolute atomic E-state index is 12.6. The van der Waals surface area contributed by atoms with E-state index in [-0.39, 0.29) is 28.6 Å². The number of methoxy groups -OCH3 is 2. The molecule has 6 heteroatoms. The lowest BCUT2D eigenvalue weighted by molar-refractivity contribution is 0.0197. The molecule has 2 aromatic rings. The number of aliphatic hydroxyl groups excluding tert-OH is 1. The third kappa shape index (κ3) is 2.37. The first kappa shape index (κ1) is 15.2. The summed E-state index contributed by atoms with van der Waals surface area (Å²) in [4.78, 5) is 12.6. The lowest BCUT2D eigenvalue weighted by Gasteiger charge is -2.31. The first-order chi connectivity index (χ1) is 11.1. The minimum atomic E-state index is -1.38. The van der Waals surface area contributed by atoms with E-state index in [4.69, 9.17) is 14.2 Å². The molecule has 0 amide bonds. The van der Waals surface area contributed by atoms with Gasteiger partial charge in [0.1, 0.15) is 11.3 Å². The van der Waals surface area contributed by atoms with Gasteiger partial charge >= 0.3 is 0 Å². The topological polar surface area (TPSA) is 85.2 Å². The number of aliphatic hydroxyl groups is 1. The lowest BCUT2D eigenvalue weighted by Crippen LogP contribution is -2.36. The van der Waals surface area contributed by atoms with E-state index in [1.54, 1.807) is 24.3 Å². The number of carbonyl (C=O) groups excluding carboxylic acids is 1. The molecule has 0 fully saturated rings. The van der Waals surface area contributed by atoms with Gasteiger partial charge in [0.25, 0.3) is 0 Å². The van der Waals surface area contributed by atoms with Gasteiger partial charge in [-0.05, 0) is 5.56 Å². The van der Waals surface area contributed by atoms with Crippen molar-refractivity contribution in [1.82, 2.24) is 0 Å². The highest BCUT2D eigenvalue weighted by Crippen LogP contribution is 2.49. The smallest absolute Gasteiger partial charge is 0.204 e. The van der Waals surface area contributed by atoms with E-state index < -0.39 is 18.0 Å². The van der Waals surface area contributed by atoms with Gasteiger partial charge < -0.3 is 24.4 Å². The second-order valence-electron chi connectivity index (χ2n) is 5.09. The Hall–Kier alpha value is -2.73. The molecule has 0 aromatic heterocycles. The summed E-state index contributed by atoms with van der Waals surface area (Å²) in [5.74, 6) is -0.543. The van der Waals surface area contributed by atoms with Gasteiger partial charge in [0, 0.05) is 6.07 Å². The van der Waals surface area contributed by atoms with Gasteiger partial charge in [-0.2, -0.15) is 0 Å². The molecule has 6 nitrogen and oxygen atoms in total. The Kier molecular flexibility index (Phi) is 3.83. The molecule has 1 heterocycles. The van der Waals surface area contributed by atoms with Gasteiger partial charge in [0.15, 0.2) is 23.7 Å². The van der Waals surface area contributed by atoms with Crippen LogP contribution >= 0.6 is 0 Å². The third-order valence-corrected chi connectivity index (χ3v) is 3.78. The van der Waals surface area contributed by atoms with Gasteiger partial charge in [0.05, 0.1) is 14.2 Å². The third-order valence-electron chi connectivity index (χ3n) is 3.78. The van der Waals surface area contributed by atoms with Crippen LogP contribution < -0.4 is 14.2 Å². The number of carbonyl (C=O) groups is 1. The molecule has 2 atom stereocenters. The maximum Gasteiger partial charge on any atom is 0.204 e. The molecule has 0 unspecified atom stereocenters. The minimum absolute atomic E-state index is 0.0296. The molecule has 0 aliphatic carbocycles. The molecule has 0 spiro atoms. The van der Waals surface area contributed by atoms with E-state index in [0.717, 1.165) is 0 Å². The zero-order valence-electron chi connectivity index (χ0n) is 12.6. The van der Waals surface area contributed by atoms with Crippen LogP contribution in [0.2, 0.25) is 0 Å². The molecule has 3 rings (SSSR count). The number of ether oxygens (including phenoxy) is 3. The molecule has 120 valence electrons. The average Bonchev–Trinajstić information content (AvgIpc) is 2.57. The Morgan fingerprint density at radius 3 is 2.43 bits per heavy atom. The standard InChI is InChI=1S/C17H16O6/c1-21-11-8-10(18)16(22-2)17-12(11)13(19)14(20)15(23-17)9-6-4-3-5-7-9/h3-8,14-15,18,20H,1-2H3/t14-,15+/m1/s1. The van der Waals surface area contributed by atoms with Crippen LogP contribution in [0.4, 0.5) is 0 Å². The Morgan fingerprint density at radius 1 is 1.13 bits per heavy atom. The number of aromatic hydroxyl groups is 1. The predicted molar refractivity (Wildman–Crippen MR) is 81.4 cm³/mol. The summed E-state index contributed by atoms with van der Waals surface area (Å²) in [5.41, 5.74) is 0.699. The number of phenolic OH excluding ortho intramolecular Hbond substituents is 1. The molecular weight excluding hydrogens is 300 g/mol. The predicted octanol–water partition coefficient (Wildman–Crippen LogP) is 2.09. The molecule has 1 aliphatic rings. The van der Waals surface area contributed by atoms with Gasteiger partial charge in [-0.15, -0.1) is 0 Å². The monoisotopic (exact) mass is 316 g/mol. The van der Waals surface area contributed by atoms with Crippen LogP contribution in [0.25, 0.3) is 0 Å². The first-order valence-corrected chi connectivity index (χ1v) is 7.00. The number of ketones is 1. The molecule has 1 aliphatic heterocycles. The van der Waals surface area contributed by atoms with Crippen LogP contribution in [0.15, 0.2) is 36.4 Å².